The molecule has 2 aromatic carbocycles. The van der Waals surface area contributed by atoms with Crippen LogP contribution < -0.4 is 5.32 Å². The van der Waals surface area contributed by atoms with Gasteiger partial charge in [-0.25, -0.2) is 0 Å². The first-order valence-electron chi connectivity index (χ1n) is 8.39. The molecule has 27 heavy (non-hydrogen) atoms. The van der Waals surface area contributed by atoms with Gasteiger partial charge in [-0.1, -0.05) is 30.3 Å². The van der Waals surface area contributed by atoms with Gasteiger partial charge in [0.1, 0.15) is 11.3 Å². The van der Waals surface area contributed by atoms with Crippen molar-refractivity contribution >= 4 is 45.7 Å². The topological polar surface area (TPSA) is 62.5 Å². The molecule has 0 bridgehead atoms. The fourth-order valence-electron chi connectivity index (χ4n) is 2.84. The molecule has 4 rings (SSSR count). The minimum absolute atomic E-state index is 0.0361. The smallest absolute Gasteiger partial charge is 0.291 e. The van der Waals surface area contributed by atoms with Crippen molar-refractivity contribution in [1.82, 2.24) is 0 Å². The second-order valence-electron chi connectivity index (χ2n) is 6.10. The number of anilines is 1. The largest absolute Gasteiger partial charge is 0.506 e. The zero-order chi connectivity index (χ0) is 18.8. The van der Waals surface area contributed by atoms with Crippen LogP contribution >= 0.6 is 23.1 Å². The molecule has 0 spiro atoms. The van der Waals surface area contributed by atoms with Crippen LogP contribution in [0.1, 0.15) is 21.7 Å². The van der Waals surface area contributed by atoms with E-state index in [0.717, 1.165) is 16.5 Å². The van der Waals surface area contributed by atoms with E-state index in [-0.39, 0.29) is 17.4 Å². The van der Waals surface area contributed by atoms with Crippen molar-refractivity contribution in [3.05, 3.63) is 76.9 Å². The van der Waals surface area contributed by atoms with Gasteiger partial charge in [-0.2, -0.15) is 0 Å². The standard InChI is InChI=1S/C21H17NO3S2/c1-13-8-9-16(17(23)11-13)22-21(24)20-15(12-27-19-7-4-10-26-19)14-5-2-3-6-18(14)25-20/h2-11,23H,12H2,1H3,(H,22,24). The second-order valence-corrected chi connectivity index (χ2v) is 8.32. The number of phenolic OH excluding ortho intramolecular Hbond substituents is 1. The molecule has 0 saturated heterocycles. The summed E-state index contributed by atoms with van der Waals surface area (Å²) < 4.78 is 7.05. The van der Waals surface area contributed by atoms with Crippen molar-refractivity contribution in [2.45, 2.75) is 16.9 Å². The predicted octanol–water partition coefficient (Wildman–Crippen LogP) is 6.05. The van der Waals surface area contributed by atoms with Crippen LogP contribution in [0.15, 0.2) is 68.6 Å². The van der Waals surface area contributed by atoms with Crippen molar-refractivity contribution in [2.24, 2.45) is 0 Å². The minimum Gasteiger partial charge on any atom is -0.506 e. The molecule has 0 saturated carbocycles. The van der Waals surface area contributed by atoms with Gasteiger partial charge in [-0.05, 0) is 42.1 Å². The van der Waals surface area contributed by atoms with Crippen LogP contribution in [0, 0.1) is 6.92 Å². The van der Waals surface area contributed by atoms with Gasteiger partial charge in [0.05, 0.1) is 9.90 Å². The number of thiophene rings is 1. The monoisotopic (exact) mass is 395 g/mol. The van der Waals surface area contributed by atoms with Crippen molar-refractivity contribution in [3.8, 4) is 5.75 Å². The van der Waals surface area contributed by atoms with E-state index >= 15 is 0 Å². The number of nitrogens with one attached hydrogen (secondary N) is 1. The Morgan fingerprint density at radius 1 is 1.19 bits per heavy atom. The zero-order valence-corrected chi connectivity index (χ0v) is 16.2. The third-order valence-electron chi connectivity index (χ3n) is 4.16. The molecule has 136 valence electrons. The molecule has 0 fully saturated rings. The lowest BCUT2D eigenvalue weighted by Gasteiger charge is -2.08. The number of carbonyl (C=O) groups is 1. The summed E-state index contributed by atoms with van der Waals surface area (Å²) in [5.74, 6) is 0.571. The quantitative estimate of drug-likeness (QED) is 0.319. The Morgan fingerprint density at radius 3 is 2.81 bits per heavy atom. The van der Waals surface area contributed by atoms with Crippen LogP contribution in [0.3, 0.4) is 0 Å². The van der Waals surface area contributed by atoms with Gasteiger partial charge in [0.15, 0.2) is 5.76 Å². The second kappa shape index (κ2) is 7.50. The number of phenols is 1. The number of amides is 1. The van der Waals surface area contributed by atoms with Gasteiger partial charge >= 0.3 is 0 Å². The summed E-state index contributed by atoms with van der Waals surface area (Å²) in [6.07, 6.45) is 0. The lowest BCUT2D eigenvalue weighted by molar-refractivity contribution is 0.0997. The number of aryl methyl sites for hydroxylation is 1. The number of benzene rings is 2. The number of carbonyl (C=O) groups excluding carboxylic acids is 1. The normalized spacial score (nSPS) is 11.0. The molecule has 1 amide bonds. The summed E-state index contributed by atoms with van der Waals surface area (Å²) >= 11 is 3.34. The van der Waals surface area contributed by atoms with Crippen LogP contribution in [0.25, 0.3) is 11.0 Å². The summed E-state index contributed by atoms with van der Waals surface area (Å²) in [6, 6.07) is 16.8. The average Bonchev–Trinajstić information content (AvgIpc) is 3.29. The molecule has 0 aliphatic heterocycles. The predicted molar refractivity (Wildman–Crippen MR) is 111 cm³/mol. The first-order valence-corrected chi connectivity index (χ1v) is 10.3. The molecule has 0 radical (unpaired) electrons. The first-order chi connectivity index (χ1) is 13.1. The lowest BCUT2D eigenvalue weighted by Crippen LogP contribution is -2.13. The van der Waals surface area contributed by atoms with Gasteiger partial charge in [-0.15, -0.1) is 23.1 Å². The van der Waals surface area contributed by atoms with Crippen LogP contribution in [-0.4, -0.2) is 11.0 Å². The fraction of sp³-hybridized carbons (Fsp3) is 0.0952. The highest BCUT2D eigenvalue weighted by atomic mass is 32.2. The van der Waals surface area contributed by atoms with E-state index in [1.54, 1.807) is 35.2 Å². The van der Waals surface area contributed by atoms with E-state index in [1.807, 2.05) is 48.7 Å². The van der Waals surface area contributed by atoms with E-state index in [2.05, 4.69) is 11.4 Å². The number of fused-ring (bicyclic) bond motifs is 1. The van der Waals surface area contributed by atoms with E-state index in [1.165, 1.54) is 4.21 Å². The van der Waals surface area contributed by atoms with Crippen molar-refractivity contribution in [3.63, 3.8) is 0 Å². The number of hydrogen-bond acceptors (Lipinski definition) is 5. The number of hydrogen-bond donors (Lipinski definition) is 2. The molecule has 0 unspecified atom stereocenters. The van der Waals surface area contributed by atoms with Crippen molar-refractivity contribution < 1.29 is 14.3 Å². The Bertz CT molecular complexity index is 1100. The molecule has 6 heteroatoms. The number of para-hydroxylation sites is 1. The van der Waals surface area contributed by atoms with Crippen LogP contribution in [0.4, 0.5) is 5.69 Å². The number of rotatable bonds is 5. The maximum Gasteiger partial charge on any atom is 0.291 e. The van der Waals surface area contributed by atoms with Gasteiger partial charge in [0, 0.05) is 16.7 Å². The van der Waals surface area contributed by atoms with Crippen LogP contribution in [-0.2, 0) is 5.75 Å². The Balaban J connectivity index is 1.67. The van der Waals surface area contributed by atoms with Gasteiger partial charge in [0.25, 0.3) is 5.91 Å². The zero-order valence-electron chi connectivity index (χ0n) is 14.6. The third-order valence-corrected chi connectivity index (χ3v) is 6.32. The summed E-state index contributed by atoms with van der Waals surface area (Å²) in [6.45, 7) is 1.88. The van der Waals surface area contributed by atoms with E-state index in [0.29, 0.717) is 17.0 Å². The minimum atomic E-state index is -0.368. The molecule has 0 aliphatic carbocycles. The summed E-state index contributed by atoms with van der Waals surface area (Å²) in [5, 5.41) is 15.8. The van der Waals surface area contributed by atoms with E-state index in [9.17, 15) is 9.90 Å². The Labute approximate surface area is 164 Å². The first kappa shape index (κ1) is 17.7. The van der Waals surface area contributed by atoms with E-state index < -0.39 is 0 Å². The lowest BCUT2D eigenvalue weighted by atomic mass is 10.1. The van der Waals surface area contributed by atoms with Crippen molar-refractivity contribution in [2.75, 3.05) is 5.32 Å². The summed E-state index contributed by atoms with van der Waals surface area (Å²) in [5.41, 5.74) is 2.82. The van der Waals surface area contributed by atoms with Crippen molar-refractivity contribution in [1.29, 1.82) is 0 Å². The number of thioether (sulfide) groups is 1. The number of aromatic hydroxyl groups is 1. The Hall–Kier alpha value is -2.70. The van der Waals surface area contributed by atoms with E-state index in [4.69, 9.17) is 4.42 Å². The van der Waals surface area contributed by atoms with Gasteiger partial charge in [0.2, 0.25) is 0 Å². The fourth-order valence-corrected chi connectivity index (χ4v) is 4.65. The third kappa shape index (κ3) is 3.72. The maximum absolute atomic E-state index is 12.9. The van der Waals surface area contributed by atoms with Crippen LogP contribution in [0.5, 0.6) is 5.75 Å². The molecule has 2 heterocycles. The van der Waals surface area contributed by atoms with Gasteiger partial charge in [-0.3, -0.25) is 4.79 Å². The molecule has 2 aromatic heterocycles. The highest BCUT2D eigenvalue weighted by Gasteiger charge is 2.21. The molecule has 4 nitrogen and oxygen atoms in total. The molecular weight excluding hydrogens is 378 g/mol. The summed E-state index contributed by atoms with van der Waals surface area (Å²) in [7, 11) is 0. The Kier molecular flexibility index (Phi) is 4.92. The number of furan rings is 1. The SMILES string of the molecule is Cc1ccc(NC(=O)c2oc3ccccc3c2CSc2cccs2)c(O)c1. The molecular formula is C21H17NO3S2. The van der Waals surface area contributed by atoms with Gasteiger partial charge < -0.3 is 14.8 Å². The molecule has 4 aromatic rings. The molecule has 2 N–H and O–H groups in total. The maximum atomic E-state index is 12.9. The highest BCUT2D eigenvalue weighted by molar-refractivity contribution is 8.00. The Morgan fingerprint density at radius 2 is 2.04 bits per heavy atom. The van der Waals surface area contributed by atoms with Crippen LogP contribution in [0.2, 0.25) is 0 Å². The summed E-state index contributed by atoms with van der Waals surface area (Å²) in [4.78, 5) is 12.9. The highest BCUT2D eigenvalue weighted by Crippen LogP contribution is 2.34. The molecule has 0 aliphatic rings. The average molecular weight is 396 g/mol. The molecule has 0 atom stereocenters.